The van der Waals surface area contributed by atoms with Gasteiger partial charge in [0.15, 0.2) is 0 Å². The molecule has 0 spiro atoms. The van der Waals surface area contributed by atoms with Gasteiger partial charge in [-0.1, -0.05) is 0 Å². The molecular formula is C10H18N2O5. The Bertz CT molecular complexity index is 271. The lowest BCUT2D eigenvalue weighted by atomic mass is 10.2. The third-order valence-electron chi connectivity index (χ3n) is 2.39. The minimum atomic E-state index is -0.477. The van der Waals surface area contributed by atoms with E-state index in [4.69, 9.17) is 9.84 Å². The van der Waals surface area contributed by atoms with Crippen molar-refractivity contribution in [2.24, 2.45) is 0 Å². The number of ether oxygens (including phenoxy) is 2. The van der Waals surface area contributed by atoms with Gasteiger partial charge in [-0.15, -0.1) is 0 Å². The van der Waals surface area contributed by atoms with E-state index in [1.165, 1.54) is 4.90 Å². The van der Waals surface area contributed by atoms with Crippen molar-refractivity contribution in [3.05, 3.63) is 0 Å². The minimum absolute atomic E-state index is 0.160. The zero-order chi connectivity index (χ0) is 12.7. The largest absolute Gasteiger partial charge is 0.465 e. The summed E-state index contributed by atoms with van der Waals surface area (Å²) in [7, 11) is 0. The molecule has 1 heterocycles. The fourth-order valence-corrected chi connectivity index (χ4v) is 1.53. The number of hydrogen-bond acceptors (Lipinski definition) is 5. The van der Waals surface area contributed by atoms with Crippen LogP contribution in [-0.2, 0) is 14.3 Å². The van der Waals surface area contributed by atoms with Crippen LogP contribution in [0.2, 0.25) is 0 Å². The highest BCUT2D eigenvalue weighted by Crippen LogP contribution is 2.06. The van der Waals surface area contributed by atoms with Crippen LogP contribution in [0.25, 0.3) is 0 Å². The Morgan fingerprint density at radius 3 is 3.00 bits per heavy atom. The minimum Gasteiger partial charge on any atom is -0.465 e. The molecule has 2 N–H and O–H groups in total. The number of amides is 2. The molecule has 1 atom stereocenters. The van der Waals surface area contributed by atoms with Gasteiger partial charge in [-0.2, -0.15) is 0 Å². The average Bonchev–Trinajstić information content (AvgIpc) is 2.36. The molecule has 2 amide bonds. The summed E-state index contributed by atoms with van der Waals surface area (Å²) < 4.78 is 9.83. The van der Waals surface area contributed by atoms with E-state index in [0.717, 1.165) is 0 Å². The maximum Gasteiger partial charge on any atom is 0.325 e. The van der Waals surface area contributed by atoms with Crippen molar-refractivity contribution in [2.45, 2.75) is 13.0 Å². The second-order valence-corrected chi connectivity index (χ2v) is 3.57. The fraction of sp³-hybridized carbons (Fsp3) is 0.800. The van der Waals surface area contributed by atoms with E-state index in [9.17, 15) is 9.59 Å². The van der Waals surface area contributed by atoms with Crippen molar-refractivity contribution in [2.75, 3.05) is 39.5 Å². The number of carbonyl (C=O) groups is 2. The first-order valence-electron chi connectivity index (χ1n) is 5.57. The van der Waals surface area contributed by atoms with Gasteiger partial charge in [-0.3, -0.25) is 4.79 Å². The summed E-state index contributed by atoms with van der Waals surface area (Å²) in [5.74, 6) is -0.477. The topological polar surface area (TPSA) is 88.1 Å². The van der Waals surface area contributed by atoms with Crippen molar-refractivity contribution < 1.29 is 24.2 Å². The molecule has 0 aromatic carbocycles. The number of rotatable bonds is 4. The van der Waals surface area contributed by atoms with Gasteiger partial charge in [0, 0.05) is 6.54 Å². The zero-order valence-corrected chi connectivity index (χ0v) is 9.85. The SMILES string of the molecule is CCOC(=O)CNC(=O)N1CCOCC1CO. The smallest absolute Gasteiger partial charge is 0.325 e. The van der Waals surface area contributed by atoms with Gasteiger partial charge in [-0.05, 0) is 6.92 Å². The molecule has 1 fully saturated rings. The first kappa shape index (κ1) is 13.7. The van der Waals surface area contributed by atoms with E-state index in [2.05, 4.69) is 10.1 Å². The van der Waals surface area contributed by atoms with Gasteiger partial charge in [0.1, 0.15) is 6.54 Å². The number of aliphatic hydroxyl groups excluding tert-OH is 1. The Labute approximate surface area is 99.7 Å². The summed E-state index contributed by atoms with van der Waals surface area (Å²) in [6.07, 6.45) is 0. The molecule has 0 aromatic heterocycles. The van der Waals surface area contributed by atoms with E-state index in [0.29, 0.717) is 19.8 Å². The standard InChI is InChI=1S/C10H18N2O5/c1-2-17-9(14)5-11-10(15)12-3-4-16-7-8(12)6-13/h8,13H,2-7H2,1H3,(H,11,15). The van der Waals surface area contributed by atoms with Crippen molar-refractivity contribution in [3.63, 3.8) is 0 Å². The lowest BCUT2D eigenvalue weighted by molar-refractivity contribution is -0.141. The van der Waals surface area contributed by atoms with E-state index >= 15 is 0 Å². The molecule has 1 rings (SSSR count). The predicted octanol–water partition coefficient (Wildman–Crippen LogP) is -1.05. The second-order valence-electron chi connectivity index (χ2n) is 3.57. The Balaban J connectivity index is 2.37. The van der Waals surface area contributed by atoms with Crippen molar-refractivity contribution >= 4 is 12.0 Å². The fourth-order valence-electron chi connectivity index (χ4n) is 1.53. The number of hydrogen-bond donors (Lipinski definition) is 2. The molecule has 7 nitrogen and oxygen atoms in total. The molecule has 0 aromatic rings. The number of morpholine rings is 1. The third-order valence-corrected chi connectivity index (χ3v) is 2.39. The monoisotopic (exact) mass is 246 g/mol. The van der Waals surface area contributed by atoms with Crippen LogP contribution in [-0.4, -0.2) is 67.6 Å². The summed E-state index contributed by atoms with van der Waals surface area (Å²) in [5, 5.41) is 11.5. The molecule has 98 valence electrons. The van der Waals surface area contributed by atoms with Gasteiger partial charge in [-0.25, -0.2) is 4.79 Å². The summed E-state index contributed by atoms with van der Waals surface area (Å²) in [4.78, 5) is 24.2. The van der Waals surface area contributed by atoms with Crippen LogP contribution in [0.1, 0.15) is 6.92 Å². The van der Waals surface area contributed by atoms with Crippen LogP contribution in [0.4, 0.5) is 4.79 Å². The van der Waals surface area contributed by atoms with Gasteiger partial charge < -0.3 is 24.8 Å². The van der Waals surface area contributed by atoms with E-state index in [1.54, 1.807) is 6.92 Å². The molecule has 17 heavy (non-hydrogen) atoms. The molecule has 1 aliphatic rings. The predicted molar refractivity (Wildman–Crippen MR) is 58.4 cm³/mol. The van der Waals surface area contributed by atoms with Crippen molar-refractivity contribution in [1.29, 1.82) is 0 Å². The van der Waals surface area contributed by atoms with Crippen LogP contribution in [0.5, 0.6) is 0 Å². The number of nitrogens with zero attached hydrogens (tertiary/aromatic N) is 1. The molecule has 0 aliphatic carbocycles. The Hall–Kier alpha value is -1.34. The van der Waals surface area contributed by atoms with Gasteiger partial charge in [0.25, 0.3) is 0 Å². The Morgan fingerprint density at radius 1 is 1.59 bits per heavy atom. The molecule has 0 bridgehead atoms. The van der Waals surface area contributed by atoms with Crippen molar-refractivity contribution in [1.82, 2.24) is 10.2 Å². The summed E-state index contributed by atoms with van der Waals surface area (Å²) in [6.45, 7) is 2.80. The summed E-state index contributed by atoms with van der Waals surface area (Å²) in [5.41, 5.74) is 0. The van der Waals surface area contributed by atoms with E-state index in [-0.39, 0.29) is 31.8 Å². The van der Waals surface area contributed by atoms with Crippen molar-refractivity contribution in [3.8, 4) is 0 Å². The molecule has 1 saturated heterocycles. The highest BCUT2D eigenvalue weighted by atomic mass is 16.5. The van der Waals surface area contributed by atoms with Crippen LogP contribution in [0, 0.1) is 0 Å². The summed E-state index contributed by atoms with van der Waals surface area (Å²) >= 11 is 0. The second kappa shape index (κ2) is 7.08. The van der Waals surface area contributed by atoms with E-state index < -0.39 is 5.97 Å². The highest BCUT2D eigenvalue weighted by Gasteiger charge is 2.26. The number of carbonyl (C=O) groups excluding carboxylic acids is 2. The lowest BCUT2D eigenvalue weighted by Crippen LogP contribution is -2.54. The number of esters is 1. The Morgan fingerprint density at radius 2 is 2.35 bits per heavy atom. The van der Waals surface area contributed by atoms with Gasteiger partial charge in [0.05, 0.1) is 32.5 Å². The molecule has 1 unspecified atom stereocenters. The molecule has 1 aliphatic heterocycles. The quantitative estimate of drug-likeness (QED) is 0.618. The molecule has 7 heteroatoms. The molecule has 0 saturated carbocycles. The van der Waals surface area contributed by atoms with Gasteiger partial charge >= 0.3 is 12.0 Å². The number of aliphatic hydroxyl groups is 1. The van der Waals surface area contributed by atoms with Crippen LogP contribution in [0.3, 0.4) is 0 Å². The average molecular weight is 246 g/mol. The van der Waals surface area contributed by atoms with Crippen LogP contribution in [0.15, 0.2) is 0 Å². The Kier molecular flexibility index (Phi) is 5.71. The van der Waals surface area contributed by atoms with Crippen LogP contribution >= 0.6 is 0 Å². The highest BCUT2D eigenvalue weighted by molar-refractivity contribution is 5.81. The first-order chi connectivity index (χ1) is 8.19. The first-order valence-corrected chi connectivity index (χ1v) is 5.57. The third kappa shape index (κ3) is 4.20. The zero-order valence-electron chi connectivity index (χ0n) is 9.85. The normalized spacial score (nSPS) is 19.9. The summed E-state index contributed by atoms with van der Waals surface area (Å²) in [6, 6.07) is -0.744. The van der Waals surface area contributed by atoms with Crippen LogP contribution < -0.4 is 5.32 Å². The maximum atomic E-state index is 11.7. The van der Waals surface area contributed by atoms with E-state index in [1.807, 2.05) is 0 Å². The maximum absolute atomic E-state index is 11.7. The molecular weight excluding hydrogens is 228 g/mol. The molecule has 0 radical (unpaired) electrons. The van der Waals surface area contributed by atoms with Gasteiger partial charge in [0.2, 0.25) is 0 Å². The lowest BCUT2D eigenvalue weighted by Gasteiger charge is -2.34. The number of urea groups is 1. The number of nitrogens with one attached hydrogen (secondary N) is 1.